The number of nitriles is 1. The van der Waals surface area contributed by atoms with Crippen LogP contribution in [-0.2, 0) is 6.42 Å². The third-order valence-corrected chi connectivity index (χ3v) is 1.58. The lowest BCUT2D eigenvalue weighted by Gasteiger charge is -1.96. The molecule has 0 aliphatic heterocycles. The molecular formula is C10H8N2. The maximum absolute atomic E-state index is 8.52. The molecule has 1 rings (SSSR count). The summed E-state index contributed by atoms with van der Waals surface area (Å²) in [6.07, 6.45) is 0.529. The van der Waals surface area contributed by atoms with Crippen LogP contribution in [0, 0.1) is 17.9 Å². The topological polar surface area (TPSA) is 28.1 Å². The van der Waals surface area contributed by atoms with Crippen LogP contribution in [0.3, 0.4) is 0 Å². The molecule has 1 unspecified atom stereocenters. The van der Waals surface area contributed by atoms with E-state index in [0.29, 0.717) is 6.42 Å². The van der Waals surface area contributed by atoms with E-state index in [4.69, 9.17) is 11.8 Å². The summed E-state index contributed by atoms with van der Waals surface area (Å²) >= 11 is 0. The first-order chi connectivity index (χ1) is 5.86. The average molecular weight is 156 g/mol. The highest BCUT2D eigenvalue weighted by Crippen LogP contribution is 2.04. The van der Waals surface area contributed by atoms with Gasteiger partial charge in [0.1, 0.15) is 0 Å². The number of hydrogen-bond acceptors (Lipinski definition) is 1. The Balaban J connectivity index is 2.66. The van der Waals surface area contributed by atoms with Crippen molar-refractivity contribution >= 4 is 0 Å². The molecule has 0 bridgehead atoms. The minimum absolute atomic E-state index is 0.529. The Morgan fingerprint density at radius 2 is 2.08 bits per heavy atom. The molecule has 0 aliphatic carbocycles. The molecule has 0 heterocycles. The summed E-state index contributed by atoms with van der Waals surface area (Å²) in [7, 11) is 0. The molecule has 2 nitrogen and oxygen atoms in total. The van der Waals surface area contributed by atoms with E-state index in [1.807, 2.05) is 36.4 Å². The van der Waals surface area contributed by atoms with Crippen molar-refractivity contribution in [1.82, 2.24) is 0 Å². The number of rotatable bonds is 2. The van der Waals surface area contributed by atoms with Gasteiger partial charge in [0.05, 0.1) is 6.42 Å². The van der Waals surface area contributed by atoms with Crippen molar-refractivity contribution in [1.29, 1.82) is 5.26 Å². The summed E-state index contributed by atoms with van der Waals surface area (Å²) in [4.78, 5) is 3.19. The largest absolute Gasteiger partial charge is 0.311 e. The van der Waals surface area contributed by atoms with Gasteiger partial charge in [0.25, 0.3) is 0 Å². The highest BCUT2D eigenvalue weighted by molar-refractivity contribution is 5.19. The van der Waals surface area contributed by atoms with Gasteiger partial charge in [0, 0.05) is 0 Å². The van der Waals surface area contributed by atoms with E-state index in [1.165, 1.54) is 0 Å². The number of benzene rings is 1. The van der Waals surface area contributed by atoms with E-state index in [9.17, 15) is 0 Å². The third kappa shape index (κ3) is 2.11. The molecule has 1 aromatic carbocycles. The second-order valence-electron chi connectivity index (χ2n) is 2.46. The van der Waals surface area contributed by atoms with Gasteiger partial charge in [-0.2, -0.15) is 5.26 Å². The van der Waals surface area contributed by atoms with Crippen LogP contribution in [0.5, 0.6) is 0 Å². The van der Waals surface area contributed by atoms with Gasteiger partial charge in [0.15, 0.2) is 6.07 Å². The normalized spacial score (nSPS) is 11.2. The van der Waals surface area contributed by atoms with Gasteiger partial charge >= 0.3 is 6.04 Å². The van der Waals surface area contributed by atoms with Crippen LogP contribution in [0.15, 0.2) is 30.3 Å². The monoisotopic (exact) mass is 156 g/mol. The average Bonchev–Trinajstić information content (AvgIpc) is 2.16. The molecule has 1 atom stereocenters. The van der Waals surface area contributed by atoms with Crippen LogP contribution < -0.4 is 0 Å². The Bertz CT molecular complexity index is 302. The van der Waals surface area contributed by atoms with E-state index in [0.717, 1.165) is 5.56 Å². The molecule has 0 amide bonds. The minimum Gasteiger partial charge on any atom is -0.297 e. The first-order valence-electron chi connectivity index (χ1n) is 3.67. The molecule has 0 radical (unpaired) electrons. The first-order valence-corrected chi connectivity index (χ1v) is 3.67. The Morgan fingerprint density at radius 1 is 1.42 bits per heavy atom. The lowest BCUT2D eigenvalue weighted by molar-refractivity contribution is 0.934. The van der Waals surface area contributed by atoms with E-state index < -0.39 is 6.04 Å². The molecular weight excluding hydrogens is 148 g/mol. The zero-order valence-corrected chi connectivity index (χ0v) is 6.57. The second kappa shape index (κ2) is 4.16. The SMILES string of the molecule is [C-]#[N+]C(C#N)Cc1ccccc1. The van der Waals surface area contributed by atoms with Gasteiger partial charge in [0.2, 0.25) is 0 Å². The Labute approximate surface area is 71.9 Å². The Morgan fingerprint density at radius 3 is 2.58 bits per heavy atom. The molecule has 0 fully saturated rings. The van der Waals surface area contributed by atoms with Crippen molar-refractivity contribution in [2.75, 3.05) is 0 Å². The summed E-state index contributed by atoms with van der Waals surface area (Å²) < 4.78 is 0. The van der Waals surface area contributed by atoms with Gasteiger partial charge in [-0.05, 0) is 5.56 Å². The van der Waals surface area contributed by atoms with Crippen LogP contribution in [0.1, 0.15) is 5.56 Å². The van der Waals surface area contributed by atoms with Crippen molar-refractivity contribution in [3.63, 3.8) is 0 Å². The molecule has 12 heavy (non-hydrogen) atoms. The van der Waals surface area contributed by atoms with Gasteiger partial charge in [-0.3, -0.25) is 4.85 Å². The second-order valence-corrected chi connectivity index (χ2v) is 2.46. The van der Waals surface area contributed by atoms with E-state index in [-0.39, 0.29) is 0 Å². The predicted octanol–water partition coefficient (Wildman–Crippen LogP) is 2.04. The smallest absolute Gasteiger partial charge is 0.297 e. The molecule has 0 aliphatic rings. The molecule has 58 valence electrons. The maximum atomic E-state index is 8.52. The van der Waals surface area contributed by atoms with Gasteiger partial charge < -0.3 is 0 Å². The maximum Gasteiger partial charge on any atom is 0.311 e. The molecule has 2 heteroatoms. The fraction of sp³-hybridized carbons (Fsp3) is 0.200. The molecule has 0 saturated heterocycles. The van der Waals surface area contributed by atoms with Crippen molar-refractivity contribution in [3.05, 3.63) is 47.3 Å². The minimum atomic E-state index is -0.535. The first kappa shape index (κ1) is 8.30. The molecule has 0 aromatic heterocycles. The van der Waals surface area contributed by atoms with Crippen LogP contribution in [-0.4, -0.2) is 6.04 Å². The standard InChI is InChI=1S/C10H8N2/c1-12-10(8-11)7-9-5-3-2-4-6-9/h2-6,10H,7H2. The summed E-state index contributed by atoms with van der Waals surface area (Å²) in [5.41, 5.74) is 1.04. The Kier molecular flexibility index (Phi) is 2.87. The summed E-state index contributed by atoms with van der Waals surface area (Å²) in [6.45, 7) is 6.71. The highest BCUT2D eigenvalue weighted by atomic mass is 14.7. The lowest BCUT2D eigenvalue weighted by Crippen LogP contribution is -2.01. The van der Waals surface area contributed by atoms with Gasteiger partial charge in [-0.25, -0.2) is 6.57 Å². The van der Waals surface area contributed by atoms with Crippen molar-refractivity contribution in [2.24, 2.45) is 0 Å². The van der Waals surface area contributed by atoms with Crippen LogP contribution in [0.4, 0.5) is 0 Å². The van der Waals surface area contributed by atoms with Crippen LogP contribution in [0.25, 0.3) is 4.85 Å². The summed E-state index contributed by atoms with van der Waals surface area (Å²) in [6, 6.07) is 11.0. The molecule has 1 aromatic rings. The summed E-state index contributed by atoms with van der Waals surface area (Å²) in [5, 5.41) is 8.52. The van der Waals surface area contributed by atoms with Crippen LogP contribution in [0.2, 0.25) is 0 Å². The lowest BCUT2D eigenvalue weighted by atomic mass is 10.1. The fourth-order valence-electron chi connectivity index (χ4n) is 0.958. The molecule has 0 N–H and O–H groups in total. The van der Waals surface area contributed by atoms with E-state index in [2.05, 4.69) is 4.85 Å². The quantitative estimate of drug-likeness (QED) is 0.602. The van der Waals surface area contributed by atoms with Gasteiger partial charge in [-0.1, -0.05) is 30.3 Å². The summed E-state index contributed by atoms with van der Waals surface area (Å²) in [5.74, 6) is 0. The van der Waals surface area contributed by atoms with Crippen LogP contribution >= 0.6 is 0 Å². The van der Waals surface area contributed by atoms with E-state index in [1.54, 1.807) is 0 Å². The predicted molar refractivity (Wildman–Crippen MR) is 46.1 cm³/mol. The van der Waals surface area contributed by atoms with Crippen molar-refractivity contribution in [2.45, 2.75) is 12.5 Å². The number of nitrogens with zero attached hydrogens (tertiary/aromatic N) is 2. The number of hydrogen-bond donors (Lipinski definition) is 0. The molecule has 0 spiro atoms. The van der Waals surface area contributed by atoms with Crippen molar-refractivity contribution in [3.8, 4) is 6.07 Å². The fourth-order valence-corrected chi connectivity index (χ4v) is 0.958. The highest BCUT2D eigenvalue weighted by Gasteiger charge is 2.10. The third-order valence-electron chi connectivity index (χ3n) is 1.58. The molecule has 0 saturated carbocycles. The van der Waals surface area contributed by atoms with Gasteiger partial charge in [-0.15, -0.1) is 0 Å². The zero-order chi connectivity index (χ0) is 8.81. The zero-order valence-electron chi connectivity index (χ0n) is 6.57. The van der Waals surface area contributed by atoms with Crippen molar-refractivity contribution < 1.29 is 0 Å². The van der Waals surface area contributed by atoms with E-state index >= 15 is 0 Å². The Hall–Kier alpha value is -1.80.